The van der Waals surface area contributed by atoms with Crippen LogP contribution in [0, 0.1) is 18.3 Å². The number of hydrogen-bond acceptors (Lipinski definition) is 9. The number of aromatic nitrogens is 3. The van der Waals surface area contributed by atoms with Crippen molar-refractivity contribution < 1.29 is 19.4 Å². The fourth-order valence-electron chi connectivity index (χ4n) is 3.22. The Morgan fingerprint density at radius 1 is 1.31 bits per heavy atom. The molecule has 1 saturated heterocycles. The number of anilines is 1. The summed E-state index contributed by atoms with van der Waals surface area (Å²) >= 11 is 0. The minimum Gasteiger partial charge on any atom is -0.489 e. The van der Waals surface area contributed by atoms with E-state index in [0.717, 1.165) is 5.82 Å². The lowest BCUT2D eigenvalue weighted by Crippen LogP contribution is -2.49. The maximum absolute atomic E-state index is 12.5. The molecule has 1 aliphatic rings. The number of amides is 1. The molecular formula is C21H26N6O5. The molecule has 0 aromatic carbocycles. The first-order valence-electron chi connectivity index (χ1n) is 10.3. The predicted molar refractivity (Wildman–Crippen MR) is 114 cm³/mol. The van der Waals surface area contributed by atoms with E-state index in [-0.39, 0.29) is 37.7 Å². The van der Waals surface area contributed by atoms with E-state index in [1.165, 1.54) is 6.20 Å². The number of nitrogens with zero attached hydrogens (tertiary/aromatic N) is 5. The molecule has 3 heterocycles. The number of piperazine rings is 1. The molecule has 0 spiro atoms. The highest BCUT2D eigenvalue weighted by Gasteiger charge is 2.22. The number of aliphatic hydroxyl groups is 1. The van der Waals surface area contributed by atoms with Crippen molar-refractivity contribution in [2.24, 2.45) is 0 Å². The van der Waals surface area contributed by atoms with E-state index < -0.39 is 6.10 Å². The Morgan fingerprint density at radius 2 is 2.09 bits per heavy atom. The number of pyridine rings is 1. The van der Waals surface area contributed by atoms with Gasteiger partial charge >= 0.3 is 0 Å². The molecule has 0 aliphatic carbocycles. The number of hydrogen-bond donors (Lipinski definition) is 2. The molecule has 2 aromatic rings. The quantitative estimate of drug-likeness (QED) is 0.541. The lowest BCUT2D eigenvalue weighted by molar-refractivity contribution is -0.133. The van der Waals surface area contributed by atoms with E-state index in [1.54, 1.807) is 24.1 Å². The number of H-pyrrole nitrogens is 1. The number of ether oxygens (including phenoxy) is 2. The maximum Gasteiger partial charge on any atom is 0.270 e. The van der Waals surface area contributed by atoms with E-state index in [9.17, 15) is 14.7 Å². The summed E-state index contributed by atoms with van der Waals surface area (Å²) < 4.78 is 11.1. The molecule has 3 rings (SSSR count). The summed E-state index contributed by atoms with van der Waals surface area (Å²) in [6.45, 7) is 3.97. The standard InChI is InChI=1S/C21H26N6O5/c1-15-18(12-24-25-21(15)30)32-14-17(13-28)31-9-4-20(29)27-7-5-26(6-8-27)19-3-2-16(10-22)11-23-19/h2-3,11-12,17,28H,4-9,13-14H2,1H3,(H,25,30)/t17-/m1/s1. The van der Waals surface area contributed by atoms with Gasteiger partial charge < -0.3 is 24.4 Å². The van der Waals surface area contributed by atoms with Crippen molar-refractivity contribution in [1.29, 1.82) is 5.26 Å². The number of rotatable bonds is 9. The zero-order chi connectivity index (χ0) is 22.9. The van der Waals surface area contributed by atoms with Crippen LogP contribution in [0.3, 0.4) is 0 Å². The van der Waals surface area contributed by atoms with Gasteiger partial charge in [0.05, 0.1) is 37.0 Å². The lowest BCUT2D eigenvalue weighted by Gasteiger charge is -2.35. The van der Waals surface area contributed by atoms with Crippen LogP contribution < -0.4 is 15.2 Å². The van der Waals surface area contributed by atoms with Crippen molar-refractivity contribution in [1.82, 2.24) is 20.1 Å². The van der Waals surface area contributed by atoms with E-state index >= 15 is 0 Å². The highest BCUT2D eigenvalue weighted by molar-refractivity contribution is 5.76. The Kier molecular flexibility index (Phi) is 8.13. The second kappa shape index (κ2) is 11.2. The normalized spacial score (nSPS) is 14.7. The van der Waals surface area contributed by atoms with Crippen LogP contribution in [0.1, 0.15) is 17.5 Å². The lowest BCUT2D eigenvalue weighted by atomic mass is 10.2. The molecule has 170 valence electrons. The summed E-state index contributed by atoms with van der Waals surface area (Å²) in [5.74, 6) is 1.09. The molecule has 1 aliphatic heterocycles. The third kappa shape index (κ3) is 6.03. The van der Waals surface area contributed by atoms with Gasteiger partial charge in [-0.25, -0.2) is 10.1 Å². The molecule has 2 aromatic heterocycles. The summed E-state index contributed by atoms with van der Waals surface area (Å²) in [4.78, 5) is 32.2. The van der Waals surface area contributed by atoms with Crippen LogP contribution >= 0.6 is 0 Å². The zero-order valence-corrected chi connectivity index (χ0v) is 17.9. The first kappa shape index (κ1) is 23.2. The molecule has 0 radical (unpaired) electrons. The number of nitrogens with one attached hydrogen (secondary N) is 1. The van der Waals surface area contributed by atoms with Gasteiger partial charge in [-0.1, -0.05) is 0 Å². The SMILES string of the molecule is Cc1c(OC[C@@H](CO)OCCC(=O)N2CCN(c3ccc(C#N)cn3)CC2)cn[nH]c1=O. The maximum atomic E-state index is 12.5. The Bertz CT molecular complexity index is 995. The molecule has 1 atom stereocenters. The van der Waals surface area contributed by atoms with Crippen molar-refractivity contribution in [3.63, 3.8) is 0 Å². The van der Waals surface area contributed by atoms with Gasteiger partial charge in [-0.05, 0) is 19.1 Å². The van der Waals surface area contributed by atoms with Gasteiger partial charge in [0.1, 0.15) is 30.3 Å². The minimum atomic E-state index is -0.624. The summed E-state index contributed by atoms with van der Waals surface area (Å²) in [6, 6.07) is 5.58. The van der Waals surface area contributed by atoms with Crippen LogP contribution in [0.2, 0.25) is 0 Å². The summed E-state index contributed by atoms with van der Waals surface area (Å²) in [5.41, 5.74) is 0.560. The second-order valence-corrected chi connectivity index (χ2v) is 7.31. The van der Waals surface area contributed by atoms with Crippen molar-refractivity contribution >= 4 is 11.7 Å². The van der Waals surface area contributed by atoms with E-state index in [0.29, 0.717) is 43.1 Å². The van der Waals surface area contributed by atoms with Gasteiger partial charge in [0, 0.05) is 32.4 Å². The number of aromatic amines is 1. The topological polar surface area (TPSA) is 145 Å². The monoisotopic (exact) mass is 442 g/mol. The highest BCUT2D eigenvalue weighted by atomic mass is 16.5. The van der Waals surface area contributed by atoms with Crippen molar-refractivity contribution in [2.45, 2.75) is 19.4 Å². The first-order valence-corrected chi connectivity index (χ1v) is 10.3. The van der Waals surface area contributed by atoms with Gasteiger partial charge in [0.2, 0.25) is 5.91 Å². The molecule has 1 fully saturated rings. The molecule has 11 heteroatoms. The smallest absolute Gasteiger partial charge is 0.270 e. The van der Waals surface area contributed by atoms with Crippen LogP contribution in [0.5, 0.6) is 5.75 Å². The number of nitriles is 1. The second-order valence-electron chi connectivity index (χ2n) is 7.31. The third-order valence-corrected chi connectivity index (χ3v) is 5.19. The van der Waals surface area contributed by atoms with Crippen LogP contribution in [-0.2, 0) is 9.53 Å². The molecule has 11 nitrogen and oxygen atoms in total. The Balaban J connectivity index is 1.39. The Labute approximate surface area is 185 Å². The molecule has 0 bridgehead atoms. The summed E-state index contributed by atoms with van der Waals surface area (Å²) in [6.07, 6.45) is 2.50. The van der Waals surface area contributed by atoms with Crippen molar-refractivity contribution in [3.8, 4) is 11.8 Å². The zero-order valence-electron chi connectivity index (χ0n) is 17.9. The average molecular weight is 442 g/mol. The van der Waals surface area contributed by atoms with Gasteiger partial charge in [0.15, 0.2) is 0 Å². The Hall–Kier alpha value is -3.49. The number of carbonyl (C=O) groups excluding carboxylic acids is 1. The van der Waals surface area contributed by atoms with Gasteiger partial charge in [-0.15, -0.1) is 0 Å². The predicted octanol–water partition coefficient (Wildman–Crippen LogP) is -0.160. The third-order valence-electron chi connectivity index (χ3n) is 5.19. The van der Waals surface area contributed by atoms with Crippen molar-refractivity contribution in [2.75, 3.05) is 50.9 Å². The number of aliphatic hydroxyl groups excluding tert-OH is 1. The molecule has 2 N–H and O–H groups in total. The molecule has 0 saturated carbocycles. The fraction of sp³-hybridized carbons (Fsp3) is 0.476. The van der Waals surface area contributed by atoms with E-state index in [4.69, 9.17) is 14.7 Å². The van der Waals surface area contributed by atoms with E-state index in [2.05, 4.69) is 20.1 Å². The molecule has 1 amide bonds. The largest absolute Gasteiger partial charge is 0.489 e. The highest BCUT2D eigenvalue weighted by Crippen LogP contribution is 2.15. The van der Waals surface area contributed by atoms with Crippen LogP contribution in [0.15, 0.2) is 29.3 Å². The van der Waals surface area contributed by atoms with Crippen LogP contribution in [0.4, 0.5) is 5.82 Å². The van der Waals surface area contributed by atoms with Crippen molar-refractivity contribution in [3.05, 3.63) is 46.0 Å². The molecule has 0 unspecified atom stereocenters. The molecule has 32 heavy (non-hydrogen) atoms. The van der Waals surface area contributed by atoms with Gasteiger partial charge in [-0.2, -0.15) is 10.4 Å². The van der Waals surface area contributed by atoms with E-state index in [1.807, 2.05) is 12.1 Å². The summed E-state index contributed by atoms with van der Waals surface area (Å²) in [5, 5.41) is 24.4. The van der Waals surface area contributed by atoms with Gasteiger partial charge in [-0.3, -0.25) is 9.59 Å². The minimum absolute atomic E-state index is 0.0234. The summed E-state index contributed by atoms with van der Waals surface area (Å²) in [7, 11) is 0. The fourth-order valence-corrected chi connectivity index (χ4v) is 3.22. The first-order chi connectivity index (χ1) is 15.5. The molecular weight excluding hydrogens is 416 g/mol. The number of carbonyl (C=O) groups is 1. The van der Waals surface area contributed by atoms with Crippen LogP contribution in [-0.4, -0.2) is 83.2 Å². The average Bonchev–Trinajstić information content (AvgIpc) is 2.83. The van der Waals surface area contributed by atoms with Gasteiger partial charge in [0.25, 0.3) is 5.56 Å². The van der Waals surface area contributed by atoms with Crippen LogP contribution in [0.25, 0.3) is 0 Å². The Morgan fingerprint density at radius 3 is 2.75 bits per heavy atom.